The highest BCUT2D eigenvalue weighted by atomic mass is 19.1. The van der Waals surface area contributed by atoms with Gasteiger partial charge in [-0.3, -0.25) is 19.7 Å². The molecule has 0 aliphatic carbocycles. The van der Waals surface area contributed by atoms with Crippen LogP contribution in [0.25, 0.3) is 0 Å². The van der Waals surface area contributed by atoms with Gasteiger partial charge in [0.05, 0.1) is 6.07 Å². The number of anilines is 1. The van der Waals surface area contributed by atoms with Crippen molar-refractivity contribution in [1.82, 2.24) is 4.90 Å². The first kappa shape index (κ1) is 25.8. The summed E-state index contributed by atoms with van der Waals surface area (Å²) in [5.74, 6) is -1.15. The Morgan fingerprint density at radius 1 is 0.949 bits per heavy atom. The van der Waals surface area contributed by atoms with E-state index < -0.39 is 16.7 Å². The molecule has 9 heteroatoms. The zero-order valence-electron chi connectivity index (χ0n) is 21.0. The van der Waals surface area contributed by atoms with E-state index >= 15 is 0 Å². The van der Waals surface area contributed by atoms with Crippen molar-refractivity contribution in [1.29, 1.82) is 0 Å². The van der Waals surface area contributed by atoms with Crippen LogP contribution in [0.1, 0.15) is 56.4 Å². The van der Waals surface area contributed by atoms with Gasteiger partial charge in [-0.15, -0.1) is 0 Å². The number of furan rings is 1. The van der Waals surface area contributed by atoms with E-state index in [4.69, 9.17) is 4.42 Å². The topological polar surface area (TPSA) is 106 Å². The number of nitrogens with zero attached hydrogens (tertiary/aromatic N) is 2. The fourth-order valence-electron chi connectivity index (χ4n) is 4.83. The average molecular weight is 528 g/mol. The summed E-state index contributed by atoms with van der Waals surface area (Å²) in [5.41, 5.74) is 4.21. The van der Waals surface area contributed by atoms with Gasteiger partial charge in [0.15, 0.2) is 5.76 Å². The van der Waals surface area contributed by atoms with Crippen LogP contribution in [0.4, 0.5) is 16.0 Å². The van der Waals surface area contributed by atoms with Crippen LogP contribution in [0.5, 0.6) is 0 Å². The summed E-state index contributed by atoms with van der Waals surface area (Å²) >= 11 is 0. The second-order valence-corrected chi connectivity index (χ2v) is 9.54. The average Bonchev–Trinajstić information content (AvgIpc) is 3.45. The van der Waals surface area contributed by atoms with Gasteiger partial charge in [-0.05, 0) is 84.3 Å². The monoisotopic (exact) mass is 527 g/mol. The van der Waals surface area contributed by atoms with E-state index in [0.717, 1.165) is 35.6 Å². The van der Waals surface area contributed by atoms with Crippen LogP contribution in [0.3, 0.4) is 0 Å². The van der Waals surface area contributed by atoms with Crippen LogP contribution in [0.2, 0.25) is 0 Å². The fourth-order valence-corrected chi connectivity index (χ4v) is 4.83. The fraction of sp³-hybridized carbons (Fsp3) is 0.200. The van der Waals surface area contributed by atoms with E-state index in [1.54, 1.807) is 18.2 Å². The van der Waals surface area contributed by atoms with Gasteiger partial charge < -0.3 is 14.6 Å². The van der Waals surface area contributed by atoms with Gasteiger partial charge in [0.1, 0.15) is 10.7 Å². The standard InChI is InChI=1S/C30H26FN3O5/c31-25-3-1-2-21(19-25)18-20-4-6-24(7-5-20)30(36)33-16-14-23(15-17-33)22-8-10-26(11-9-22)32-29(35)27-12-13-28(39-27)34(37)38/h1-13,19,23H,14-18H2,(H,32,35). The predicted molar refractivity (Wildman–Crippen MR) is 143 cm³/mol. The second-order valence-electron chi connectivity index (χ2n) is 9.54. The molecule has 2 amide bonds. The minimum Gasteiger partial charge on any atom is -0.395 e. The molecule has 0 radical (unpaired) electrons. The van der Waals surface area contributed by atoms with Gasteiger partial charge in [0, 0.05) is 24.3 Å². The smallest absolute Gasteiger partial charge is 0.395 e. The molecule has 3 aromatic carbocycles. The summed E-state index contributed by atoms with van der Waals surface area (Å²) < 4.78 is 18.4. The van der Waals surface area contributed by atoms with Crippen LogP contribution < -0.4 is 5.32 Å². The highest BCUT2D eigenvalue weighted by Gasteiger charge is 2.25. The molecular weight excluding hydrogens is 501 g/mol. The van der Waals surface area contributed by atoms with Crippen molar-refractivity contribution in [3.63, 3.8) is 0 Å². The van der Waals surface area contributed by atoms with Gasteiger partial charge in [-0.25, -0.2) is 4.39 Å². The Morgan fingerprint density at radius 2 is 1.67 bits per heavy atom. The molecule has 0 atom stereocenters. The third-order valence-corrected chi connectivity index (χ3v) is 6.92. The van der Waals surface area contributed by atoms with Crippen LogP contribution >= 0.6 is 0 Å². The molecule has 0 unspecified atom stereocenters. The number of nitro groups is 1. The molecule has 2 heterocycles. The van der Waals surface area contributed by atoms with Crippen molar-refractivity contribution < 1.29 is 23.3 Å². The lowest BCUT2D eigenvalue weighted by atomic mass is 9.89. The molecule has 1 aliphatic heterocycles. The third-order valence-electron chi connectivity index (χ3n) is 6.92. The molecule has 39 heavy (non-hydrogen) atoms. The molecule has 1 aromatic heterocycles. The van der Waals surface area contributed by atoms with Crippen molar-refractivity contribution in [3.8, 4) is 0 Å². The molecule has 1 aliphatic rings. The Hall–Kier alpha value is -4.79. The maximum atomic E-state index is 13.4. The summed E-state index contributed by atoms with van der Waals surface area (Å²) in [6, 6.07) is 23.9. The SMILES string of the molecule is O=C(Nc1ccc(C2CCN(C(=O)c3ccc(Cc4cccc(F)c4)cc3)CC2)cc1)c1ccc([N+](=O)[O-])o1. The van der Waals surface area contributed by atoms with E-state index in [-0.39, 0.29) is 17.5 Å². The van der Waals surface area contributed by atoms with E-state index in [0.29, 0.717) is 36.7 Å². The number of carbonyl (C=O) groups excluding carboxylic acids is 2. The quantitative estimate of drug-likeness (QED) is 0.228. The van der Waals surface area contributed by atoms with E-state index in [9.17, 15) is 24.1 Å². The molecule has 1 N–H and O–H groups in total. The number of nitrogens with one attached hydrogen (secondary N) is 1. The first-order valence-corrected chi connectivity index (χ1v) is 12.6. The van der Waals surface area contributed by atoms with E-state index in [2.05, 4.69) is 5.32 Å². The van der Waals surface area contributed by atoms with Crippen LogP contribution in [-0.2, 0) is 6.42 Å². The van der Waals surface area contributed by atoms with Crippen LogP contribution in [0, 0.1) is 15.9 Å². The lowest BCUT2D eigenvalue weighted by Crippen LogP contribution is -2.37. The molecule has 1 fully saturated rings. The van der Waals surface area contributed by atoms with Gasteiger partial charge in [0.2, 0.25) is 0 Å². The number of rotatable bonds is 7. The first-order chi connectivity index (χ1) is 18.9. The van der Waals surface area contributed by atoms with Crippen molar-refractivity contribution in [3.05, 3.63) is 129 Å². The normalized spacial score (nSPS) is 13.7. The number of piperidine rings is 1. The summed E-state index contributed by atoms with van der Waals surface area (Å²) in [5, 5.41) is 13.4. The lowest BCUT2D eigenvalue weighted by Gasteiger charge is -2.32. The van der Waals surface area contributed by atoms with Gasteiger partial charge in [-0.2, -0.15) is 0 Å². The number of hydrogen-bond acceptors (Lipinski definition) is 5. The summed E-state index contributed by atoms with van der Waals surface area (Å²) in [7, 11) is 0. The zero-order valence-corrected chi connectivity index (χ0v) is 21.0. The Morgan fingerprint density at radius 3 is 2.31 bits per heavy atom. The van der Waals surface area contributed by atoms with Crippen LogP contribution in [0.15, 0.2) is 89.3 Å². The molecule has 1 saturated heterocycles. The van der Waals surface area contributed by atoms with Crippen molar-refractivity contribution in [2.75, 3.05) is 18.4 Å². The summed E-state index contributed by atoms with van der Waals surface area (Å²) in [4.78, 5) is 37.3. The van der Waals surface area contributed by atoms with E-state index in [1.165, 1.54) is 18.2 Å². The van der Waals surface area contributed by atoms with Crippen molar-refractivity contribution in [2.24, 2.45) is 0 Å². The number of halogens is 1. The summed E-state index contributed by atoms with van der Waals surface area (Å²) in [6.45, 7) is 1.29. The molecule has 198 valence electrons. The van der Waals surface area contributed by atoms with Crippen molar-refractivity contribution >= 4 is 23.4 Å². The number of hydrogen-bond donors (Lipinski definition) is 1. The number of benzene rings is 3. The minimum atomic E-state index is -0.697. The zero-order chi connectivity index (χ0) is 27.4. The Balaban J connectivity index is 1.13. The maximum Gasteiger partial charge on any atom is 0.433 e. The first-order valence-electron chi connectivity index (χ1n) is 12.6. The minimum absolute atomic E-state index is 0.00183. The van der Waals surface area contributed by atoms with Crippen LogP contribution in [-0.4, -0.2) is 34.7 Å². The van der Waals surface area contributed by atoms with Crippen molar-refractivity contribution in [2.45, 2.75) is 25.2 Å². The lowest BCUT2D eigenvalue weighted by molar-refractivity contribution is -0.402. The Labute approximate surface area is 224 Å². The predicted octanol–water partition coefficient (Wildman–Crippen LogP) is 6.19. The molecule has 0 spiro atoms. The molecule has 4 aromatic rings. The number of amides is 2. The largest absolute Gasteiger partial charge is 0.433 e. The molecule has 5 rings (SSSR count). The van der Waals surface area contributed by atoms with Gasteiger partial charge in [-0.1, -0.05) is 36.4 Å². The summed E-state index contributed by atoms with van der Waals surface area (Å²) in [6.07, 6.45) is 2.25. The van der Waals surface area contributed by atoms with Gasteiger partial charge >= 0.3 is 5.88 Å². The second kappa shape index (κ2) is 11.3. The Bertz CT molecular complexity index is 1490. The van der Waals surface area contributed by atoms with E-state index in [1.807, 2.05) is 47.4 Å². The highest BCUT2D eigenvalue weighted by Crippen LogP contribution is 2.30. The highest BCUT2D eigenvalue weighted by molar-refractivity contribution is 6.02. The maximum absolute atomic E-state index is 13.4. The molecule has 8 nitrogen and oxygen atoms in total. The number of carbonyl (C=O) groups is 2. The third kappa shape index (κ3) is 6.20. The Kier molecular flexibility index (Phi) is 7.49. The molecule has 0 bridgehead atoms. The molecule has 0 saturated carbocycles. The van der Waals surface area contributed by atoms with Gasteiger partial charge in [0.25, 0.3) is 11.8 Å². The molecular formula is C30H26FN3O5. The number of likely N-dealkylation sites (tertiary alicyclic amines) is 1.